The Balaban J connectivity index is 1.90. The van der Waals surface area contributed by atoms with Crippen molar-refractivity contribution in [3.63, 3.8) is 0 Å². The Kier molecular flexibility index (Phi) is 3.28. The predicted octanol–water partition coefficient (Wildman–Crippen LogP) is 2.40. The number of aryl methyl sites for hydroxylation is 1. The molecule has 3 aromatic rings. The van der Waals surface area contributed by atoms with Gasteiger partial charge in [-0.15, -0.1) is 0 Å². The van der Waals surface area contributed by atoms with Gasteiger partial charge >= 0.3 is 0 Å². The first-order valence-corrected chi connectivity index (χ1v) is 6.86. The predicted molar refractivity (Wildman–Crippen MR) is 80.3 cm³/mol. The summed E-state index contributed by atoms with van der Waals surface area (Å²) < 4.78 is 0. The minimum absolute atomic E-state index is 0.437. The van der Waals surface area contributed by atoms with Gasteiger partial charge in [0.05, 0.1) is 22.9 Å². The number of hydrogen-bond acceptors (Lipinski definition) is 3. The van der Waals surface area contributed by atoms with Crippen molar-refractivity contribution in [3.05, 3.63) is 36.0 Å². The maximum atomic E-state index is 5.65. The third kappa shape index (κ3) is 2.44. The first kappa shape index (κ1) is 12.9. The average Bonchev–Trinajstić information content (AvgIpc) is 3.02. The highest BCUT2D eigenvalue weighted by Gasteiger charge is 2.08. The Morgan fingerprint density at radius 2 is 2.15 bits per heavy atom. The van der Waals surface area contributed by atoms with Gasteiger partial charge in [-0.2, -0.15) is 0 Å². The van der Waals surface area contributed by atoms with Crippen LogP contribution in [0.2, 0.25) is 0 Å². The molecular weight excluding hydrogens is 250 g/mol. The summed E-state index contributed by atoms with van der Waals surface area (Å²) in [6, 6.07) is 6.18. The van der Waals surface area contributed by atoms with Gasteiger partial charge in [0, 0.05) is 12.0 Å². The number of H-pyrrole nitrogens is 2. The van der Waals surface area contributed by atoms with Gasteiger partial charge in [-0.3, -0.25) is 0 Å². The van der Waals surface area contributed by atoms with E-state index < -0.39 is 0 Å². The molecule has 0 bridgehead atoms. The van der Waals surface area contributed by atoms with Crippen molar-refractivity contribution in [2.45, 2.75) is 20.3 Å². The first-order chi connectivity index (χ1) is 9.65. The van der Waals surface area contributed by atoms with Gasteiger partial charge in [0.15, 0.2) is 0 Å². The molecule has 5 nitrogen and oxygen atoms in total. The van der Waals surface area contributed by atoms with Gasteiger partial charge in [-0.05, 0) is 31.5 Å². The van der Waals surface area contributed by atoms with Crippen molar-refractivity contribution < 1.29 is 0 Å². The molecule has 20 heavy (non-hydrogen) atoms. The summed E-state index contributed by atoms with van der Waals surface area (Å²) in [5.74, 6) is 2.35. The summed E-state index contributed by atoms with van der Waals surface area (Å²) in [5.41, 5.74) is 9.82. The number of imidazole rings is 2. The lowest BCUT2D eigenvalue weighted by atomic mass is 10.1. The summed E-state index contributed by atoms with van der Waals surface area (Å²) >= 11 is 0. The molecule has 0 amide bonds. The monoisotopic (exact) mass is 269 g/mol. The molecule has 0 aliphatic heterocycles. The number of aromatic amines is 2. The van der Waals surface area contributed by atoms with Crippen LogP contribution in [0.4, 0.5) is 0 Å². The Morgan fingerprint density at radius 3 is 2.95 bits per heavy atom. The van der Waals surface area contributed by atoms with Crippen molar-refractivity contribution >= 4 is 11.0 Å². The van der Waals surface area contributed by atoms with Crippen LogP contribution in [0.15, 0.2) is 24.4 Å². The highest BCUT2D eigenvalue weighted by atomic mass is 14.9. The van der Waals surface area contributed by atoms with Crippen molar-refractivity contribution in [2.24, 2.45) is 11.7 Å². The number of nitrogens with zero attached hydrogens (tertiary/aromatic N) is 2. The van der Waals surface area contributed by atoms with Crippen LogP contribution in [0, 0.1) is 12.8 Å². The highest BCUT2D eigenvalue weighted by Crippen LogP contribution is 2.22. The van der Waals surface area contributed by atoms with Crippen molar-refractivity contribution in [3.8, 4) is 11.3 Å². The van der Waals surface area contributed by atoms with E-state index >= 15 is 0 Å². The van der Waals surface area contributed by atoms with Crippen LogP contribution in [-0.4, -0.2) is 26.5 Å². The lowest BCUT2D eigenvalue weighted by molar-refractivity contribution is 0.577. The number of benzene rings is 1. The maximum Gasteiger partial charge on any atom is 0.106 e. The lowest BCUT2D eigenvalue weighted by Crippen LogP contribution is -2.13. The molecule has 1 atom stereocenters. The normalized spacial score (nSPS) is 12.9. The van der Waals surface area contributed by atoms with Crippen molar-refractivity contribution in [1.82, 2.24) is 19.9 Å². The minimum Gasteiger partial charge on any atom is -0.342 e. The molecule has 0 spiro atoms. The smallest absolute Gasteiger partial charge is 0.106 e. The second kappa shape index (κ2) is 5.09. The molecule has 0 aliphatic carbocycles. The fourth-order valence-electron chi connectivity index (χ4n) is 2.33. The molecule has 4 N–H and O–H groups in total. The number of nitrogens with two attached hydrogens (primary N) is 1. The molecule has 1 aromatic carbocycles. The quantitative estimate of drug-likeness (QED) is 0.680. The minimum atomic E-state index is 0.437. The van der Waals surface area contributed by atoms with Crippen LogP contribution in [0.3, 0.4) is 0 Å². The van der Waals surface area contributed by atoms with Gasteiger partial charge in [-0.1, -0.05) is 13.0 Å². The molecule has 3 rings (SSSR count). The fraction of sp³-hybridized carbons (Fsp3) is 0.333. The zero-order valence-corrected chi connectivity index (χ0v) is 11.8. The zero-order chi connectivity index (χ0) is 14.1. The van der Waals surface area contributed by atoms with E-state index in [9.17, 15) is 0 Å². The molecule has 0 radical (unpaired) electrons. The van der Waals surface area contributed by atoms with E-state index in [1.54, 1.807) is 0 Å². The fourth-order valence-corrected chi connectivity index (χ4v) is 2.33. The SMILES string of the molecule is Cc1nc2ccc(-c3cnc(CC(C)CN)[nH]3)cc2[nH]1. The molecule has 0 aliphatic rings. The zero-order valence-electron chi connectivity index (χ0n) is 11.8. The summed E-state index contributed by atoms with van der Waals surface area (Å²) in [5, 5.41) is 0. The van der Waals surface area contributed by atoms with E-state index in [-0.39, 0.29) is 0 Å². The van der Waals surface area contributed by atoms with Gasteiger partial charge in [0.1, 0.15) is 11.6 Å². The molecule has 2 heterocycles. The second-order valence-corrected chi connectivity index (χ2v) is 5.34. The molecule has 104 valence electrons. The van der Waals surface area contributed by atoms with E-state index in [1.165, 1.54) is 0 Å². The third-order valence-corrected chi connectivity index (χ3v) is 3.48. The van der Waals surface area contributed by atoms with E-state index in [2.05, 4.69) is 39.0 Å². The molecule has 0 fully saturated rings. The van der Waals surface area contributed by atoms with Crippen LogP contribution in [0.5, 0.6) is 0 Å². The van der Waals surface area contributed by atoms with Crippen LogP contribution < -0.4 is 5.73 Å². The Morgan fingerprint density at radius 1 is 1.30 bits per heavy atom. The standard InChI is InChI=1S/C15H19N5/c1-9(7-16)5-15-17-8-14(20-15)11-3-4-12-13(6-11)19-10(2)18-12/h3-4,6,8-9H,5,7,16H2,1-2H3,(H,17,20)(H,18,19). The third-order valence-electron chi connectivity index (χ3n) is 3.48. The molecule has 0 saturated heterocycles. The topological polar surface area (TPSA) is 83.4 Å². The summed E-state index contributed by atoms with van der Waals surface area (Å²) in [6.45, 7) is 4.76. The summed E-state index contributed by atoms with van der Waals surface area (Å²) in [7, 11) is 0. The van der Waals surface area contributed by atoms with Crippen LogP contribution in [-0.2, 0) is 6.42 Å². The maximum absolute atomic E-state index is 5.65. The number of rotatable bonds is 4. The van der Waals surface area contributed by atoms with E-state index in [4.69, 9.17) is 5.73 Å². The number of nitrogens with one attached hydrogen (secondary N) is 2. The number of aromatic nitrogens is 4. The van der Waals surface area contributed by atoms with Crippen LogP contribution >= 0.6 is 0 Å². The van der Waals surface area contributed by atoms with E-state index in [0.29, 0.717) is 12.5 Å². The Bertz CT molecular complexity index is 725. The van der Waals surface area contributed by atoms with Crippen LogP contribution in [0.25, 0.3) is 22.3 Å². The van der Waals surface area contributed by atoms with Gasteiger partial charge < -0.3 is 15.7 Å². The summed E-state index contributed by atoms with van der Waals surface area (Å²) in [4.78, 5) is 15.5. The van der Waals surface area contributed by atoms with Gasteiger partial charge in [-0.25, -0.2) is 9.97 Å². The van der Waals surface area contributed by atoms with Gasteiger partial charge in [0.25, 0.3) is 0 Å². The molecule has 0 saturated carbocycles. The number of hydrogen-bond donors (Lipinski definition) is 3. The molecule has 2 aromatic heterocycles. The molecular formula is C15H19N5. The molecule has 5 heteroatoms. The van der Waals surface area contributed by atoms with Crippen molar-refractivity contribution in [2.75, 3.05) is 6.54 Å². The van der Waals surface area contributed by atoms with Gasteiger partial charge in [0.2, 0.25) is 0 Å². The van der Waals surface area contributed by atoms with E-state index in [1.807, 2.05) is 19.2 Å². The number of fused-ring (bicyclic) bond motifs is 1. The summed E-state index contributed by atoms with van der Waals surface area (Å²) in [6.07, 6.45) is 2.75. The molecule has 1 unspecified atom stereocenters. The highest BCUT2D eigenvalue weighted by molar-refractivity contribution is 5.81. The van der Waals surface area contributed by atoms with Crippen molar-refractivity contribution in [1.29, 1.82) is 0 Å². The van der Waals surface area contributed by atoms with Crippen LogP contribution in [0.1, 0.15) is 18.6 Å². The average molecular weight is 269 g/mol. The Labute approximate surface area is 117 Å². The van der Waals surface area contributed by atoms with E-state index in [0.717, 1.165) is 40.4 Å². The second-order valence-electron chi connectivity index (χ2n) is 5.34. The lowest BCUT2D eigenvalue weighted by Gasteiger charge is -2.04. The Hall–Kier alpha value is -2.14. The first-order valence-electron chi connectivity index (χ1n) is 6.86. The largest absolute Gasteiger partial charge is 0.342 e.